The lowest BCUT2D eigenvalue weighted by molar-refractivity contribution is -0.119. The van der Waals surface area contributed by atoms with Crippen LogP contribution in [0, 0.1) is 5.82 Å². The average molecular weight is 282 g/mol. The molecule has 0 aliphatic carbocycles. The predicted molar refractivity (Wildman–Crippen MR) is 78.4 cm³/mol. The molecule has 2 N–H and O–H groups in total. The van der Waals surface area contributed by atoms with Gasteiger partial charge in [0.15, 0.2) is 5.11 Å². The molecule has 3 nitrogen and oxygen atoms in total. The number of hydrogen-bond donors (Lipinski definition) is 2. The van der Waals surface area contributed by atoms with Crippen LogP contribution in [0.15, 0.2) is 24.3 Å². The van der Waals surface area contributed by atoms with Gasteiger partial charge in [0.1, 0.15) is 5.82 Å². The van der Waals surface area contributed by atoms with E-state index in [0.29, 0.717) is 5.56 Å². The molecule has 0 saturated carbocycles. The number of carbonyl (C=O) groups is 1. The molecule has 0 atom stereocenters. The number of nitrogens with one attached hydrogen (secondary N) is 2. The lowest BCUT2D eigenvalue weighted by Gasteiger charge is -2.26. The molecule has 104 valence electrons. The minimum absolute atomic E-state index is 0.0267. The van der Waals surface area contributed by atoms with Crippen LogP contribution in [0.3, 0.4) is 0 Å². The van der Waals surface area contributed by atoms with E-state index in [1.54, 1.807) is 18.2 Å². The first-order chi connectivity index (χ1) is 8.84. The summed E-state index contributed by atoms with van der Waals surface area (Å²) in [5, 5.41) is 5.88. The summed E-state index contributed by atoms with van der Waals surface area (Å²) in [4.78, 5) is 11.7. The van der Waals surface area contributed by atoms with Crippen molar-refractivity contribution in [3.63, 3.8) is 0 Å². The molecule has 0 heterocycles. The highest BCUT2D eigenvalue weighted by molar-refractivity contribution is 7.80. The van der Waals surface area contributed by atoms with Crippen molar-refractivity contribution >= 4 is 23.2 Å². The van der Waals surface area contributed by atoms with Gasteiger partial charge in [-0.15, -0.1) is 0 Å². The molecule has 0 fully saturated rings. The first kappa shape index (κ1) is 15.6. The van der Waals surface area contributed by atoms with E-state index in [0.717, 1.165) is 6.42 Å². The SMILES string of the molecule is CCC(C)(C)NC(=S)NC(=O)Cc1ccccc1F. The van der Waals surface area contributed by atoms with Crippen molar-refractivity contribution in [1.82, 2.24) is 10.6 Å². The number of benzene rings is 1. The summed E-state index contributed by atoms with van der Waals surface area (Å²) in [5.74, 6) is -0.708. The first-order valence-electron chi connectivity index (χ1n) is 6.19. The summed E-state index contributed by atoms with van der Waals surface area (Å²) in [5.41, 5.74) is 0.181. The predicted octanol–water partition coefficient (Wildman–Crippen LogP) is 2.55. The van der Waals surface area contributed by atoms with E-state index in [4.69, 9.17) is 12.2 Å². The molecule has 0 aliphatic rings. The Kier molecular flexibility index (Phi) is 5.42. The Hall–Kier alpha value is -1.49. The minimum atomic E-state index is -0.384. The molecule has 0 saturated heterocycles. The van der Waals surface area contributed by atoms with Gasteiger partial charge in [-0.2, -0.15) is 0 Å². The molecular formula is C14H19FN2OS. The van der Waals surface area contributed by atoms with E-state index < -0.39 is 0 Å². The van der Waals surface area contributed by atoms with Crippen molar-refractivity contribution in [2.24, 2.45) is 0 Å². The Morgan fingerprint density at radius 2 is 2.00 bits per heavy atom. The van der Waals surface area contributed by atoms with E-state index in [1.807, 2.05) is 20.8 Å². The van der Waals surface area contributed by atoms with Gasteiger partial charge in [0.25, 0.3) is 0 Å². The molecule has 1 amide bonds. The molecule has 0 aromatic heterocycles. The zero-order valence-corrected chi connectivity index (χ0v) is 12.2. The fraction of sp³-hybridized carbons (Fsp3) is 0.429. The van der Waals surface area contributed by atoms with Gasteiger partial charge in [-0.25, -0.2) is 4.39 Å². The number of amides is 1. The van der Waals surface area contributed by atoms with Crippen LogP contribution in [0.25, 0.3) is 0 Å². The highest BCUT2D eigenvalue weighted by Crippen LogP contribution is 2.08. The van der Waals surface area contributed by atoms with Crippen molar-refractivity contribution in [3.8, 4) is 0 Å². The smallest absolute Gasteiger partial charge is 0.230 e. The molecule has 0 bridgehead atoms. The largest absolute Gasteiger partial charge is 0.358 e. The number of rotatable bonds is 4. The second-order valence-electron chi connectivity index (χ2n) is 5.01. The summed E-state index contributed by atoms with van der Waals surface area (Å²) in [6.45, 7) is 6.00. The van der Waals surface area contributed by atoms with Crippen molar-refractivity contribution in [2.75, 3.05) is 0 Å². The average Bonchev–Trinajstić information content (AvgIpc) is 2.31. The number of thiocarbonyl (C=S) groups is 1. The molecule has 0 aliphatic heterocycles. The van der Waals surface area contributed by atoms with Crippen molar-refractivity contribution < 1.29 is 9.18 Å². The lowest BCUT2D eigenvalue weighted by Crippen LogP contribution is -2.49. The van der Waals surface area contributed by atoms with Crippen LogP contribution in [-0.2, 0) is 11.2 Å². The molecule has 0 unspecified atom stereocenters. The molecule has 0 spiro atoms. The quantitative estimate of drug-likeness (QED) is 0.834. The zero-order chi connectivity index (χ0) is 14.5. The molecular weight excluding hydrogens is 263 g/mol. The van der Waals surface area contributed by atoms with Gasteiger partial charge in [-0.05, 0) is 44.1 Å². The van der Waals surface area contributed by atoms with Crippen molar-refractivity contribution in [1.29, 1.82) is 0 Å². The van der Waals surface area contributed by atoms with Gasteiger partial charge in [-0.1, -0.05) is 25.1 Å². The second-order valence-corrected chi connectivity index (χ2v) is 5.42. The topological polar surface area (TPSA) is 41.1 Å². The number of halogens is 1. The van der Waals surface area contributed by atoms with Gasteiger partial charge in [0, 0.05) is 5.54 Å². The summed E-state index contributed by atoms with van der Waals surface area (Å²) in [7, 11) is 0. The van der Waals surface area contributed by atoms with E-state index in [9.17, 15) is 9.18 Å². The molecule has 1 aromatic carbocycles. The maximum Gasteiger partial charge on any atom is 0.230 e. The number of hydrogen-bond acceptors (Lipinski definition) is 2. The summed E-state index contributed by atoms with van der Waals surface area (Å²) in [6, 6.07) is 6.20. The van der Waals surface area contributed by atoms with Gasteiger partial charge in [-0.3, -0.25) is 4.79 Å². The maximum atomic E-state index is 13.4. The van der Waals surface area contributed by atoms with Gasteiger partial charge in [0.2, 0.25) is 5.91 Å². The van der Waals surface area contributed by atoms with Gasteiger partial charge >= 0.3 is 0 Å². The maximum absolute atomic E-state index is 13.4. The van der Waals surface area contributed by atoms with Crippen molar-refractivity contribution in [2.45, 2.75) is 39.2 Å². The third kappa shape index (κ3) is 5.34. The van der Waals surface area contributed by atoms with Crippen LogP contribution in [-0.4, -0.2) is 16.6 Å². The molecule has 5 heteroatoms. The Bertz CT molecular complexity index is 474. The van der Waals surface area contributed by atoms with Crippen LogP contribution in [0.2, 0.25) is 0 Å². The van der Waals surface area contributed by atoms with Crippen LogP contribution in [0.1, 0.15) is 32.8 Å². The Morgan fingerprint density at radius 1 is 1.37 bits per heavy atom. The summed E-state index contributed by atoms with van der Waals surface area (Å²) >= 11 is 5.06. The molecule has 1 aromatic rings. The lowest BCUT2D eigenvalue weighted by atomic mass is 10.0. The fourth-order valence-corrected chi connectivity index (χ4v) is 1.80. The van der Waals surface area contributed by atoms with Gasteiger partial charge in [0.05, 0.1) is 6.42 Å². The summed E-state index contributed by atoms with van der Waals surface area (Å²) in [6.07, 6.45) is 0.845. The Balaban J connectivity index is 2.52. The van der Waals surface area contributed by atoms with Crippen LogP contribution >= 0.6 is 12.2 Å². The molecule has 0 radical (unpaired) electrons. The minimum Gasteiger partial charge on any atom is -0.358 e. The normalized spacial score (nSPS) is 10.9. The highest BCUT2D eigenvalue weighted by Gasteiger charge is 2.17. The van der Waals surface area contributed by atoms with Gasteiger partial charge < -0.3 is 10.6 Å². The second kappa shape index (κ2) is 6.61. The van der Waals surface area contributed by atoms with Crippen LogP contribution < -0.4 is 10.6 Å². The summed E-state index contributed by atoms with van der Waals surface area (Å²) < 4.78 is 13.4. The van der Waals surface area contributed by atoms with Crippen LogP contribution in [0.5, 0.6) is 0 Å². The number of carbonyl (C=O) groups excluding carboxylic acids is 1. The first-order valence-corrected chi connectivity index (χ1v) is 6.60. The molecule has 19 heavy (non-hydrogen) atoms. The monoisotopic (exact) mass is 282 g/mol. The zero-order valence-electron chi connectivity index (χ0n) is 11.4. The van der Waals surface area contributed by atoms with E-state index in [1.165, 1.54) is 6.07 Å². The fourth-order valence-electron chi connectivity index (χ4n) is 1.41. The Labute approximate surface area is 118 Å². The van der Waals surface area contributed by atoms with E-state index in [-0.39, 0.29) is 28.8 Å². The standard InChI is InChI=1S/C14H19FN2OS/c1-4-14(2,3)17-13(19)16-12(18)9-10-7-5-6-8-11(10)15/h5-8H,4,9H2,1-3H3,(H2,16,17,18,19). The highest BCUT2D eigenvalue weighted by atomic mass is 32.1. The van der Waals surface area contributed by atoms with Crippen molar-refractivity contribution in [3.05, 3.63) is 35.6 Å². The third-order valence-corrected chi connectivity index (χ3v) is 3.10. The van der Waals surface area contributed by atoms with E-state index in [2.05, 4.69) is 10.6 Å². The van der Waals surface area contributed by atoms with E-state index >= 15 is 0 Å². The Morgan fingerprint density at radius 3 is 2.58 bits per heavy atom. The van der Waals surface area contributed by atoms with Crippen LogP contribution in [0.4, 0.5) is 4.39 Å². The third-order valence-electron chi connectivity index (χ3n) is 2.90. The molecule has 1 rings (SSSR count).